The number of hydrogen-bond acceptors (Lipinski definition) is 3. The van der Waals surface area contributed by atoms with Gasteiger partial charge in [-0.05, 0) is 19.9 Å². The maximum absolute atomic E-state index is 12.0. The number of ether oxygens (including phenoxy) is 1. The van der Waals surface area contributed by atoms with E-state index in [1.54, 1.807) is 7.11 Å². The number of carbonyl (C=O) groups excluding carboxylic acids is 1. The number of hydrogen-bond donors (Lipinski definition) is 1. The molecule has 0 aromatic heterocycles. The van der Waals surface area contributed by atoms with Crippen molar-refractivity contribution in [2.24, 2.45) is 5.92 Å². The van der Waals surface area contributed by atoms with Crippen molar-refractivity contribution < 1.29 is 9.53 Å². The number of amides is 1. The molecular weight excluding hydrogens is 192 g/mol. The number of nitrogens with zero attached hydrogens (tertiary/aromatic N) is 1. The molecule has 1 rings (SSSR count). The lowest BCUT2D eigenvalue weighted by molar-refractivity contribution is -0.138. The Morgan fingerprint density at radius 1 is 1.67 bits per heavy atom. The highest BCUT2D eigenvalue weighted by Crippen LogP contribution is 2.14. The van der Waals surface area contributed by atoms with Crippen LogP contribution in [0.25, 0.3) is 0 Å². The van der Waals surface area contributed by atoms with Crippen molar-refractivity contribution in [3.05, 3.63) is 0 Å². The van der Waals surface area contributed by atoms with Gasteiger partial charge in [0.2, 0.25) is 5.91 Å². The van der Waals surface area contributed by atoms with E-state index in [2.05, 4.69) is 5.32 Å². The Balaban J connectivity index is 2.44. The Morgan fingerprint density at radius 3 is 3.00 bits per heavy atom. The molecule has 0 aromatic carbocycles. The molecule has 1 aliphatic rings. The van der Waals surface area contributed by atoms with Crippen LogP contribution in [0.5, 0.6) is 0 Å². The molecule has 1 saturated heterocycles. The first-order chi connectivity index (χ1) is 7.19. The lowest BCUT2D eigenvalue weighted by Crippen LogP contribution is -2.46. The van der Waals surface area contributed by atoms with Crippen LogP contribution in [0.1, 0.15) is 19.8 Å². The van der Waals surface area contributed by atoms with Crippen LogP contribution in [0.4, 0.5) is 0 Å². The van der Waals surface area contributed by atoms with Crippen LogP contribution >= 0.6 is 0 Å². The van der Waals surface area contributed by atoms with Crippen molar-refractivity contribution in [3.63, 3.8) is 0 Å². The van der Waals surface area contributed by atoms with Gasteiger partial charge in [0.15, 0.2) is 0 Å². The molecular formula is C11H22N2O2. The second kappa shape index (κ2) is 6.08. The summed E-state index contributed by atoms with van der Waals surface area (Å²) in [6, 6.07) is 0. The fourth-order valence-electron chi connectivity index (χ4n) is 2.04. The zero-order valence-corrected chi connectivity index (χ0v) is 9.95. The van der Waals surface area contributed by atoms with Gasteiger partial charge in [0.25, 0.3) is 0 Å². The maximum Gasteiger partial charge on any atom is 0.226 e. The van der Waals surface area contributed by atoms with E-state index in [0.717, 1.165) is 32.5 Å². The first kappa shape index (κ1) is 12.5. The van der Waals surface area contributed by atoms with Gasteiger partial charge in [-0.25, -0.2) is 0 Å². The van der Waals surface area contributed by atoms with Crippen LogP contribution in [-0.2, 0) is 9.53 Å². The fourth-order valence-corrected chi connectivity index (χ4v) is 2.04. The van der Waals surface area contributed by atoms with Crippen molar-refractivity contribution in [3.8, 4) is 0 Å². The van der Waals surface area contributed by atoms with Crippen LogP contribution in [0.3, 0.4) is 0 Å². The molecule has 2 atom stereocenters. The highest BCUT2D eigenvalue weighted by molar-refractivity contribution is 5.78. The number of likely N-dealkylation sites (tertiary alicyclic amines) is 1. The van der Waals surface area contributed by atoms with Gasteiger partial charge in [0.05, 0.1) is 6.10 Å². The molecule has 1 amide bonds. The Hall–Kier alpha value is -0.610. The fraction of sp³-hybridized carbons (Fsp3) is 0.909. The van der Waals surface area contributed by atoms with Gasteiger partial charge in [-0.1, -0.05) is 6.92 Å². The molecule has 1 aliphatic heterocycles. The van der Waals surface area contributed by atoms with E-state index in [-0.39, 0.29) is 17.9 Å². The first-order valence-corrected chi connectivity index (χ1v) is 5.65. The molecule has 0 saturated carbocycles. The summed E-state index contributed by atoms with van der Waals surface area (Å²) in [5.74, 6) is 0.303. The van der Waals surface area contributed by atoms with Gasteiger partial charge in [-0.15, -0.1) is 0 Å². The Bertz CT molecular complexity index is 209. The average molecular weight is 214 g/mol. The molecule has 0 aliphatic carbocycles. The van der Waals surface area contributed by atoms with Crippen LogP contribution in [0.2, 0.25) is 0 Å². The maximum atomic E-state index is 12.0. The van der Waals surface area contributed by atoms with Gasteiger partial charge >= 0.3 is 0 Å². The van der Waals surface area contributed by atoms with Gasteiger partial charge in [0, 0.05) is 32.7 Å². The molecule has 0 aromatic rings. The normalized spacial score (nSPS) is 23.9. The monoisotopic (exact) mass is 214 g/mol. The summed E-state index contributed by atoms with van der Waals surface area (Å²) in [4.78, 5) is 13.9. The minimum Gasteiger partial charge on any atom is -0.380 e. The predicted molar refractivity (Wildman–Crippen MR) is 59.7 cm³/mol. The van der Waals surface area contributed by atoms with Crippen LogP contribution in [-0.4, -0.2) is 50.7 Å². The lowest BCUT2D eigenvalue weighted by atomic mass is 10.0. The predicted octanol–water partition coefficient (Wildman–Crippen LogP) is 0.479. The SMILES string of the molecule is CNCC(C)C(=O)N1CCCC(OC)C1. The number of rotatable bonds is 4. The Morgan fingerprint density at radius 2 is 2.40 bits per heavy atom. The first-order valence-electron chi connectivity index (χ1n) is 5.65. The molecule has 4 nitrogen and oxygen atoms in total. The van der Waals surface area contributed by atoms with Crippen LogP contribution in [0, 0.1) is 5.92 Å². The molecule has 2 unspecified atom stereocenters. The Kier molecular flexibility index (Phi) is 5.05. The highest BCUT2D eigenvalue weighted by atomic mass is 16.5. The zero-order valence-electron chi connectivity index (χ0n) is 9.95. The molecule has 15 heavy (non-hydrogen) atoms. The van der Waals surface area contributed by atoms with E-state index in [1.807, 2.05) is 18.9 Å². The van der Waals surface area contributed by atoms with Crippen molar-refractivity contribution >= 4 is 5.91 Å². The molecule has 0 spiro atoms. The summed E-state index contributed by atoms with van der Waals surface area (Å²) < 4.78 is 5.30. The van der Waals surface area contributed by atoms with Gasteiger partial charge in [-0.2, -0.15) is 0 Å². The van der Waals surface area contributed by atoms with Crippen molar-refractivity contribution in [1.82, 2.24) is 10.2 Å². The van der Waals surface area contributed by atoms with E-state index >= 15 is 0 Å². The molecule has 88 valence electrons. The standard InChI is InChI=1S/C11H22N2O2/c1-9(7-12-2)11(14)13-6-4-5-10(8-13)15-3/h9-10,12H,4-8H2,1-3H3. The summed E-state index contributed by atoms with van der Waals surface area (Å²) in [6.07, 6.45) is 2.35. The van der Waals surface area contributed by atoms with Crippen molar-refractivity contribution in [2.75, 3.05) is 33.8 Å². The van der Waals surface area contributed by atoms with Crippen molar-refractivity contribution in [2.45, 2.75) is 25.9 Å². The molecule has 1 N–H and O–H groups in total. The number of piperidine rings is 1. The van der Waals surface area contributed by atoms with Gasteiger partial charge in [0.1, 0.15) is 0 Å². The van der Waals surface area contributed by atoms with Crippen LogP contribution in [0.15, 0.2) is 0 Å². The smallest absolute Gasteiger partial charge is 0.226 e. The third kappa shape index (κ3) is 3.47. The third-order valence-corrected chi connectivity index (χ3v) is 2.96. The highest BCUT2D eigenvalue weighted by Gasteiger charge is 2.26. The van der Waals surface area contributed by atoms with E-state index in [4.69, 9.17) is 4.74 Å². The van der Waals surface area contributed by atoms with Crippen molar-refractivity contribution in [1.29, 1.82) is 0 Å². The Labute approximate surface area is 92.0 Å². The average Bonchev–Trinajstić information content (AvgIpc) is 2.28. The summed E-state index contributed by atoms with van der Waals surface area (Å²) in [7, 11) is 3.59. The second-order valence-corrected chi connectivity index (χ2v) is 4.24. The summed E-state index contributed by atoms with van der Waals surface area (Å²) in [5.41, 5.74) is 0. The number of nitrogens with one attached hydrogen (secondary N) is 1. The molecule has 1 fully saturated rings. The molecule has 0 radical (unpaired) electrons. The quantitative estimate of drug-likeness (QED) is 0.740. The minimum absolute atomic E-state index is 0.0607. The molecule has 0 bridgehead atoms. The largest absolute Gasteiger partial charge is 0.380 e. The van der Waals surface area contributed by atoms with E-state index in [1.165, 1.54) is 0 Å². The minimum atomic E-state index is 0.0607. The second-order valence-electron chi connectivity index (χ2n) is 4.24. The molecule has 1 heterocycles. The number of carbonyl (C=O) groups is 1. The van der Waals surface area contributed by atoms with E-state index < -0.39 is 0 Å². The van der Waals surface area contributed by atoms with Gasteiger partial charge < -0.3 is 15.0 Å². The lowest BCUT2D eigenvalue weighted by Gasteiger charge is -2.33. The topological polar surface area (TPSA) is 41.6 Å². The zero-order chi connectivity index (χ0) is 11.3. The number of methoxy groups -OCH3 is 1. The molecule has 4 heteroatoms. The van der Waals surface area contributed by atoms with Crippen LogP contribution < -0.4 is 5.32 Å². The third-order valence-electron chi connectivity index (χ3n) is 2.96. The summed E-state index contributed by atoms with van der Waals surface area (Å²) in [5, 5.41) is 3.03. The summed E-state index contributed by atoms with van der Waals surface area (Å²) >= 11 is 0. The van der Waals surface area contributed by atoms with E-state index in [0.29, 0.717) is 0 Å². The summed E-state index contributed by atoms with van der Waals surface area (Å²) in [6.45, 7) is 4.35. The van der Waals surface area contributed by atoms with Gasteiger partial charge in [-0.3, -0.25) is 4.79 Å². The van der Waals surface area contributed by atoms with E-state index in [9.17, 15) is 4.79 Å².